The summed E-state index contributed by atoms with van der Waals surface area (Å²) < 4.78 is 5.10. The Morgan fingerprint density at radius 1 is 1.54 bits per heavy atom. The van der Waals surface area contributed by atoms with Crippen molar-refractivity contribution < 1.29 is 9.68 Å². The molecular weight excluding hydrogens is 162 g/mol. The lowest BCUT2D eigenvalue weighted by atomic mass is 9.68. The summed E-state index contributed by atoms with van der Waals surface area (Å²) in [6.07, 6.45) is 0.792. The number of fused-ring (bicyclic) bond motifs is 1. The van der Waals surface area contributed by atoms with Crippen LogP contribution in [0.5, 0.6) is 0 Å². The molecule has 4 heteroatoms. The van der Waals surface area contributed by atoms with Crippen LogP contribution in [0.4, 0.5) is 0 Å². The molecule has 0 amide bonds. The van der Waals surface area contributed by atoms with Crippen molar-refractivity contribution in [3.63, 3.8) is 0 Å². The van der Waals surface area contributed by atoms with Crippen molar-refractivity contribution in [2.24, 2.45) is 0 Å². The average molecular weight is 172 g/mol. The Balaban J connectivity index is 2.56. The molecule has 0 unspecified atom stereocenters. The third kappa shape index (κ3) is 1.40. The van der Waals surface area contributed by atoms with Gasteiger partial charge in [0.15, 0.2) is 0 Å². The molecule has 0 aromatic heterocycles. The topological polar surface area (TPSA) is 29.5 Å². The van der Waals surface area contributed by atoms with Crippen LogP contribution in [0, 0.1) is 6.92 Å². The molecule has 1 N–H and O–H groups in total. The van der Waals surface area contributed by atoms with E-state index in [2.05, 4.69) is 0 Å². The highest BCUT2D eigenvalue weighted by Crippen LogP contribution is 2.05. The molecule has 1 aromatic carbocycles. The second-order valence-corrected chi connectivity index (χ2v) is 3.34. The Kier molecular flexibility index (Phi) is 2.18. The minimum Gasteiger partial charge on any atom is -0.423 e. The van der Waals surface area contributed by atoms with Crippen LogP contribution < -0.4 is 10.9 Å². The van der Waals surface area contributed by atoms with E-state index in [1.807, 2.05) is 19.1 Å². The summed E-state index contributed by atoms with van der Waals surface area (Å²) in [6, 6.07) is 3.79. The molecule has 0 fully saturated rings. The quantitative estimate of drug-likeness (QED) is 0.511. The molecule has 1 aliphatic rings. The zero-order valence-corrected chi connectivity index (χ0v) is 7.58. The summed E-state index contributed by atoms with van der Waals surface area (Å²) in [7, 11) is 5.10. The fourth-order valence-electron chi connectivity index (χ4n) is 1.67. The van der Waals surface area contributed by atoms with E-state index in [1.54, 1.807) is 0 Å². The summed E-state index contributed by atoms with van der Waals surface area (Å²) in [5, 5.41) is 9.50. The zero-order chi connectivity index (χ0) is 9.42. The van der Waals surface area contributed by atoms with Gasteiger partial charge < -0.3 is 9.68 Å². The predicted molar refractivity (Wildman–Crippen MR) is 53.8 cm³/mol. The summed E-state index contributed by atoms with van der Waals surface area (Å²) >= 11 is 0. The van der Waals surface area contributed by atoms with E-state index < -0.39 is 7.12 Å². The number of rotatable bonds is 0. The maximum absolute atomic E-state index is 9.50. The molecule has 0 saturated carbocycles. The van der Waals surface area contributed by atoms with Gasteiger partial charge in [-0.25, -0.2) is 0 Å². The van der Waals surface area contributed by atoms with Gasteiger partial charge in [-0.15, -0.1) is 0 Å². The Morgan fingerprint density at radius 3 is 3.08 bits per heavy atom. The fourth-order valence-corrected chi connectivity index (χ4v) is 1.67. The Labute approximate surface area is 79.5 Å². The zero-order valence-electron chi connectivity index (χ0n) is 7.58. The van der Waals surface area contributed by atoms with Crippen LogP contribution in [-0.4, -0.2) is 26.6 Å². The van der Waals surface area contributed by atoms with Crippen molar-refractivity contribution in [1.82, 2.24) is 0 Å². The molecule has 2 rings (SSSR count). The van der Waals surface area contributed by atoms with E-state index in [0.29, 0.717) is 6.61 Å². The summed E-state index contributed by atoms with van der Waals surface area (Å²) in [5.74, 6) is 0. The maximum Gasteiger partial charge on any atom is 0.491 e. The van der Waals surface area contributed by atoms with E-state index >= 15 is 0 Å². The molecule has 13 heavy (non-hydrogen) atoms. The Hall–Kier alpha value is -0.730. The number of hydrogen-bond donors (Lipinski definition) is 1. The largest absolute Gasteiger partial charge is 0.491 e. The second kappa shape index (κ2) is 3.20. The average Bonchev–Trinajstić information content (AvgIpc) is 2.12. The molecule has 0 atom stereocenters. The van der Waals surface area contributed by atoms with E-state index in [-0.39, 0.29) is 0 Å². The van der Waals surface area contributed by atoms with Crippen molar-refractivity contribution in [3.05, 3.63) is 23.3 Å². The Morgan fingerprint density at radius 2 is 2.31 bits per heavy atom. The number of hydrogen-bond acceptors (Lipinski definition) is 2. The SMILES string of the molecule is [B]c1c(C)ccc2c1CCOB2O. The van der Waals surface area contributed by atoms with Crippen LogP contribution in [-0.2, 0) is 11.1 Å². The normalized spacial score (nSPS) is 15.7. The van der Waals surface area contributed by atoms with Gasteiger partial charge in [0.25, 0.3) is 0 Å². The minimum atomic E-state index is -0.799. The van der Waals surface area contributed by atoms with E-state index in [9.17, 15) is 5.02 Å². The van der Waals surface area contributed by atoms with Crippen molar-refractivity contribution in [2.45, 2.75) is 13.3 Å². The van der Waals surface area contributed by atoms with E-state index in [4.69, 9.17) is 12.5 Å². The molecule has 0 saturated heterocycles. The first-order valence-corrected chi connectivity index (χ1v) is 4.37. The Bertz CT molecular complexity index is 339. The van der Waals surface area contributed by atoms with E-state index in [0.717, 1.165) is 28.5 Å². The molecule has 0 bridgehead atoms. The summed E-state index contributed by atoms with van der Waals surface area (Å²) in [6.45, 7) is 2.51. The van der Waals surface area contributed by atoms with Gasteiger partial charge in [0, 0.05) is 6.61 Å². The van der Waals surface area contributed by atoms with Gasteiger partial charge in [0.2, 0.25) is 0 Å². The lowest BCUT2D eigenvalue weighted by Crippen LogP contribution is -2.44. The van der Waals surface area contributed by atoms with Gasteiger partial charge >= 0.3 is 7.12 Å². The first kappa shape index (κ1) is 8.85. The highest BCUT2D eigenvalue weighted by atomic mass is 16.5. The molecule has 1 aromatic rings. The van der Waals surface area contributed by atoms with Crippen LogP contribution in [0.15, 0.2) is 12.1 Å². The van der Waals surface area contributed by atoms with Gasteiger partial charge in [-0.05, 0) is 18.8 Å². The first-order valence-electron chi connectivity index (χ1n) is 4.37. The van der Waals surface area contributed by atoms with Crippen LogP contribution in [0.2, 0.25) is 0 Å². The molecule has 2 nitrogen and oxygen atoms in total. The third-order valence-corrected chi connectivity index (χ3v) is 2.51. The summed E-state index contributed by atoms with van der Waals surface area (Å²) in [5.41, 5.74) is 3.71. The monoisotopic (exact) mass is 172 g/mol. The van der Waals surface area contributed by atoms with Crippen molar-refractivity contribution >= 4 is 25.9 Å². The molecule has 1 aliphatic heterocycles. The van der Waals surface area contributed by atoms with Crippen LogP contribution in [0.1, 0.15) is 11.1 Å². The fraction of sp³-hybridized carbons (Fsp3) is 0.333. The van der Waals surface area contributed by atoms with Gasteiger partial charge in [-0.1, -0.05) is 28.7 Å². The number of aryl methyl sites for hydroxylation is 1. The maximum atomic E-state index is 9.50. The van der Waals surface area contributed by atoms with Gasteiger partial charge in [-0.3, -0.25) is 0 Å². The molecule has 2 radical (unpaired) electrons. The van der Waals surface area contributed by atoms with Gasteiger partial charge in [0.1, 0.15) is 7.85 Å². The standard InChI is InChI=1S/C9H10B2O2/c1-6-2-3-8-7(9(6)10)4-5-13-11(8)12/h2-3,12H,4-5H2,1H3. The molecule has 0 aliphatic carbocycles. The molecular formula is C9H10B2O2. The molecule has 0 spiro atoms. The third-order valence-electron chi connectivity index (χ3n) is 2.51. The van der Waals surface area contributed by atoms with Crippen molar-refractivity contribution in [1.29, 1.82) is 0 Å². The highest BCUT2D eigenvalue weighted by molar-refractivity contribution is 6.61. The highest BCUT2D eigenvalue weighted by Gasteiger charge is 2.25. The molecule has 64 valence electrons. The number of benzene rings is 1. The van der Waals surface area contributed by atoms with Crippen molar-refractivity contribution in [3.8, 4) is 0 Å². The lowest BCUT2D eigenvalue weighted by Gasteiger charge is -2.22. The van der Waals surface area contributed by atoms with Crippen molar-refractivity contribution in [2.75, 3.05) is 6.61 Å². The minimum absolute atomic E-state index is 0.543. The van der Waals surface area contributed by atoms with Gasteiger partial charge in [-0.2, -0.15) is 0 Å². The second-order valence-electron chi connectivity index (χ2n) is 3.34. The van der Waals surface area contributed by atoms with Crippen LogP contribution in [0.25, 0.3) is 0 Å². The predicted octanol–water partition coefficient (Wildman–Crippen LogP) is -0.951. The molecule has 1 heterocycles. The lowest BCUT2D eigenvalue weighted by molar-refractivity contribution is 0.266. The van der Waals surface area contributed by atoms with Crippen LogP contribution in [0.3, 0.4) is 0 Å². The smallest absolute Gasteiger partial charge is 0.423 e. The van der Waals surface area contributed by atoms with E-state index in [1.165, 1.54) is 0 Å². The first-order chi connectivity index (χ1) is 6.20. The summed E-state index contributed by atoms with van der Waals surface area (Å²) in [4.78, 5) is 0. The van der Waals surface area contributed by atoms with Gasteiger partial charge in [0.05, 0.1) is 0 Å². The van der Waals surface area contributed by atoms with Crippen LogP contribution >= 0.6 is 0 Å².